The van der Waals surface area contributed by atoms with E-state index in [-0.39, 0.29) is 6.04 Å². The number of rotatable bonds is 4. The minimum absolute atomic E-state index is 0.129. The van der Waals surface area contributed by atoms with E-state index in [1.165, 1.54) is 0 Å². The number of likely N-dealkylation sites (tertiary alicyclic amines) is 1. The van der Waals surface area contributed by atoms with Crippen LogP contribution in [0, 0.1) is 0 Å². The van der Waals surface area contributed by atoms with E-state index in [9.17, 15) is 4.79 Å². The average Bonchev–Trinajstić information content (AvgIpc) is 2.68. The highest BCUT2D eigenvalue weighted by Gasteiger charge is 2.33. The molecule has 1 saturated heterocycles. The predicted molar refractivity (Wildman–Crippen MR) is 71.1 cm³/mol. The van der Waals surface area contributed by atoms with Crippen molar-refractivity contribution >= 4 is 11.8 Å². The summed E-state index contributed by atoms with van der Waals surface area (Å²) in [7, 11) is 0. The number of ether oxygens (including phenoxy) is 2. The third kappa shape index (κ3) is 4.94. The van der Waals surface area contributed by atoms with Crippen molar-refractivity contribution < 1.29 is 14.3 Å². The summed E-state index contributed by atoms with van der Waals surface area (Å²) >= 11 is 0. The molecule has 0 spiro atoms. The first kappa shape index (κ1) is 15.6. The predicted octanol–water partition coefficient (Wildman–Crippen LogP) is 2.41. The molecule has 1 fully saturated rings. The first-order chi connectivity index (χ1) is 8.87. The normalized spacial score (nSPS) is 21.8. The molecule has 0 radical (unpaired) electrons. The molecule has 0 aromatic heterocycles. The third-order valence-electron chi connectivity index (χ3n) is 2.59. The summed E-state index contributed by atoms with van der Waals surface area (Å²) in [6.07, 6.45) is 0.129. The second-order valence-corrected chi connectivity index (χ2v) is 5.38. The molecule has 0 aromatic rings. The Bertz CT molecular complexity index is 362. The van der Waals surface area contributed by atoms with Crippen LogP contribution in [0.4, 0.5) is 4.79 Å². The molecule has 1 aliphatic heterocycles. The van der Waals surface area contributed by atoms with Crippen LogP contribution < -0.4 is 0 Å². The van der Waals surface area contributed by atoms with Crippen LogP contribution in [-0.2, 0) is 9.47 Å². The molecule has 7 heteroatoms. The Morgan fingerprint density at radius 3 is 2.74 bits per heavy atom. The summed E-state index contributed by atoms with van der Waals surface area (Å²) in [5, 5.41) is 6.37. The van der Waals surface area contributed by atoms with E-state index in [1.54, 1.807) is 4.90 Å². The molecule has 1 rings (SSSR count). The Kier molecular flexibility index (Phi) is 5.41. The van der Waals surface area contributed by atoms with Crippen molar-refractivity contribution in [2.45, 2.75) is 45.8 Å². The summed E-state index contributed by atoms with van der Waals surface area (Å²) < 4.78 is 10.7. The summed E-state index contributed by atoms with van der Waals surface area (Å²) in [5.74, 6) is 0. The number of carbonyl (C=O) groups is 1. The van der Waals surface area contributed by atoms with Crippen LogP contribution in [-0.4, -0.2) is 48.1 Å². The number of nitrogens with zero attached hydrogens (tertiary/aromatic N) is 4. The first-order valence-electron chi connectivity index (χ1n) is 6.34. The number of amides is 1. The highest BCUT2D eigenvalue weighted by atomic mass is 16.6. The van der Waals surface area contributed by atoms with E-state index in [0.717, 1.165) is 0 Å². The van der Waals surface area contributed by atoms with Crippen LogP contribution in [0.25, 0.3) is 5.53 Å². The fourth-order valence-corrected chi connectivity index (χ4v) is 1.85. The van der Waals surface area contributed by atoms with Gasteiger partial charge in [0.2, 0.25) is 0 Å². The topological polar surface area (TPSA) is 85.8 Å². The van der Waals surface area contributed by atoms with Crippen LogP contribution in [0.2, 0.25) is 0 Å². The van der Waals surface area contributed by atoms with E-state index < -0.39 is 11.7 Å². The van der Waals surface area contributed by atoms with Gasteiger partial charge in [0.25, 0.3) is 0 Å². The van der Waals surface area contributed by atoms with Crippen LogP contribution >= 0.6 is 0 Å². The second kappa shape index (κ2) is 6.60. The number of hydrogen-bond donors (Lipinski definition) is 0. The third-order valence-corrected chi connectivity index (χ3v) is 2.59. The first-order valence-corrected chi connectivity index (χ1v) is 6.34. The van der Waals surface area contributed by atoms with Gasteiger partial charge < -0.3 is 20.1 Å². The Morgan fingerprint density at radius 1 is 1.53 bits per heavy atom. The van der Waals surface area contributed by atoms with Crippen molar-refractivity contribution in [2.75, 3.05) is 19.8 Å². The lowest BCUT2D eigenvalue weighted by molar-refractivity contribution is 0.0119. The molecule has 0 saturated carbocycles. The largest absolute Gasteiger partial charge is 0.444 e. The lowest BCUT2D eigenvalue weighted by Gasteiger charge is -2.28. The van der Waals surface area contributed by atoms with Gasteiger partial charge in [-0.1, -0.05) is 0 Å². The fraction of sp³-hybridized carbons (Fsp3) is 0.833. The van der Waals surface area contributed by atoms with E-state index in [4.69, 9.17) is 15.0 Å². The Hall–Kier alpha value is -1.50. The lowest BCUT2D eigenvalue weighted by atomic mass is 10.2. The molecule has 7 nitrogen and oxygen atoms in total. The van der Waals surface area contributed by atoms with Gasteiger partial charge in [0.1, 0.15) is 5.60 Å². The van der Waals surface area contributed by atoms with Crippen molar-refractivity contribution in [1.29, 1.82) is 0 Å². The molecule has 1 heterocycles. The van der Waals surface area contributed by atoms with Crippen molar-refractivity contribution in [3.63, 3.8) is 0 Å². The fourth-order valence-electron chi connectivity index (χ4n) is 1.85. The molecule has 108 valence electrons. The van der Waals surface area contributed by atoms with Crippen LogP contribution in [0.5, 0.6) is 0 Å². The van der Waals surface area contributed by atoms with Gasteiger partial charge in [-0.2, -0.15) is 0 Å². The maximum atomic E-state index is 12.1. The van der Waals surface area contributed by atoms with Gasteiger partial charge in [0.05, 0.1) is 12.6 Å². The van der Waals surface area contributed by atoms with Gasteiger partial charge >= 0.3 is 6.09 Å². The maximum Gasteiger partial charge on any atom is 0.410 e. The summed E-state index contributed by atoms with van der Waals surface area (Å²) in [6, 6.07) is -0.129. The van der Waals surface area contributed by atoms with Gasteiger partial charge in [0, 0.05) is 13.2 Å². The molecule has 19 heavy (non-hydrogen) atoms. The smallest absolute Gasteiger partial charge is 0.410 e. The SMILES string of the molecule is CCOC[C@@H]1C/C(=N\N=[N-])CN1C(=O)OC(C)(C)C. The summed E-state index contributed by atoms with van der Waals surface area (Å²) in [6.45, 7) is 8.64. The standard InChI is InChI=1S/C12H21N4O3/c1-5-18-8-10-6-9(14-15-13)7-16(10)11(17)19-12(2,3)4/h10H,5-8H2,1-4H3/q-1/b14-9+/t10-/m0/s1. The monoisotopic (exact) mass is 269 g/mol. The lowest BCUT2D eigenvalue weighted by Crippen LogP contribution is -2.41. The highest BCUT2D eigenvalue weighted by Crippen LogP contribution is 2.20. The Labute approximate surface area is 113 Å². The van der Waals surface area contributed by atoms with Gasteiger partial charge in [-0.05, 0) is 39.8 Å². The maximum absolute atomic E-state index is 12.1. The van der Waals surface area contributed by atoms with Gasteiger partial charge in [-0.15, -0.1) is 0 Å². The minimum Gasteiger partial charge on any atom is -0.444 e. The van der Waals surface area contributed by atoms with Crippen molar-refractivity contribution in [1.82, 2.24) is 4.90 Å². The zero-order valence-electron chi connectivity index (χ0n) is 11.9. The van der Waals surface area contributed by atoms with Crippen molar-refractivity contribution in [3.05, 3.63) is 5.53 Å². The molecular weight excluding hydrogens is 248 g/mol. The second-order valence-electron chi connectivity index (χ2n) is 5.38. The summed E-state index contributed by atoms with van der Waals surface area (Å²) in [5.41, 5.74) is 8.56. The molecule has 0 aromatic carbocycles. The van der Waals surface area contributed by atoms with Crippen molar-refractivity contribution in [2.24, 2.45) is 10.3 Å². The molecule has 0 bridgehead atoms. The molecule has 0 N–H and O–H groups in total. The van der Waals surface area contributed by atoms with E-state index >= 15 is 0 Å². The van der Waals surface area contributed by atoms with E-state index in [1.807, 2.05) is 27.7 Å². The van der Waals surface area contributed by atoms with Crippen LogP contribution in [0.1, 0.15) is 34.1 Å². The molecule has 0 unspecified atom stereocenters. The average molecular weight is 269 g/mol. The molecule has 1 aliphatic rings. The van der Waals surface area contributed by atoms with Gasteiger partial charge in [-0.3, -0.25) is 10.1 Å². The van der Waals surface area contributed by atoms with E-state index in [0.29, 0.717) is 31.9 Å². The van der Waals surface area contributed by atoms with Crippen LogP contribution in [0.3, 0.4) is 0 Å². The zero-order chi connectivity index (χ0) is 14.5. The van der Waals surface area contributed by atoms with Crippen molar-refractivity contribution in [3.8, 4) is 0 Å². The number of hydrogen-bond acceptors (Lipinski definition) is 4. The summed E-state index contributed by atoms with van der Waals surface area (Å²) in [4.78, 5) is 13.6. The Morgan fingerprint density at radius 2 is 2.21 bits per heavy atom. The Balaban J connectivity index is 2.73. The van der Waals surface area contributed by atoms with Crippen LogP contribution in [0.15, 0.2) is 10.3 Å². The zero-order valence-corrected chi connectivity index (χ0v) is 11.9. The molecule has 1 atom stereocenters. The minimum atomic E-state index is -0.547. The number of carbonyl (C=O) groups excluding carboxylic acids is 1. The van der Waals surface area contributed by atoms with Gasteiger partial charge in [0.15, 0.2) is 0 Å². The molecular formula is C12H21N4O3-. The highest BCUT2D eigenvalue weighted by molar-refractivity contribution is 5.92. The quantitative estimate of drug-likeness (QED) is 0.580. The molecule has 0 aliphatic carbocycles. The molecule has 1 amide bonds. The van der Waals surface area contributed by atoms with E-state index in [2.05, 4.69) is 10.3 Å². The van der Waals surface area contributed by atoms with Gasteiger partial charge in [-0.25, -0.2) is 4.79 Å².